The Bertz CT molecular complexity index is 923. The van der Waals surface area contributed by atoms with Crippen molar-refractivity contribution in [2.75, 3.05) is 6.54 Å². The summed E-state index contributed by atoms with van der Waals surface area (Å²) in [7, 11) is -3.95. The van der Waals surface area contributed by atoms with Crippen LogP contribution in [-0.2, 0) is 10.0 Å². The van der Waals surface area contributed by atoms with E-state index in [1.807, 2.05) is 0 Å². The van der Waals surface area contributed by atoms with Crippen molar-refractivity contribution in [3.63, 3.8) is 0 Å². The van der Waals surface area contributed by atoms with Crippen LogP contribution in [0.5, 0.6) is 0 Å². The Morgan fingerprint density at radius 1 is 1.13 bits per heavy atom. The van der Waals surface area contributed by atoms with Crippen LogP contribution in [0.3, 0.4) is 0 Å². The van der Waals surface area contributed by atoms with Crippen molar-refractivity contribution in [1.82, 2.24) is 9.71 Å². The molecule has 7 heteroatoms. The van der Waals surface area contributed by atoms with E-state index in [9.17, 15) is 17.9 Å². The maximum absolute atomic E-state index is 13.9. The van der Waals surface area contributed by atoms with Crippen LogP contribution in [0.15, 0.2) is 59.6 Å². The zero-order chi connectivity index (χ0) is 16.4. The molecule has 3 aromatic rings. The first-order valence-electron chi connectivity index (χ1n) is 6.97. The van der Waals surface area contributed by atoms with Crippen molar-refractivity contribution >= 4 is 20.9 Å². The molecule has 0 aliphatic heterocycles. The molecule has 0 bridgehead atoms. The average molecular weight is 334 g/mol. The Morgan fingerprint density at radius 3 is 2.61 bits per heavy atom. The number of hydrogen-bond donors (Lipinski definition) is 3. The highest BCUT2D eigenvalue weighted by atomic mass is 32.2. The van der Waals surface area contributed by atoms with E-state index in [0.29, 0.717) is 11.1 Å². The fourth-order valence-corrected chi connectivity index (χ4v) is 3.60. The van der Waals surface area contributed by atoms with Gasteiger partial charge in [-0.2, -0.15) is 0 Å². The summed E-state index contributed by atoms with van der Waals surface area (Å²) >= 11 is 0. The van der Waals surface area contributed by atoms with Crippen molar-refractivity contribution in [3.05, 3.63) is 66.1 Å². The van der Waals surface area contributed by atoms with Gasteiger partial charge in [-0.25, -0.2) is 17.5 Å². The molecule has 0 radical (unpaired) electrons. The van der Waals surface area contributed by atoms with Crippen molar-refractivity contribution in [3.8, 4) is 0 Å². The van der Waals surface area contributed by atoms with Crippen molar-refractivity contribution in [2.24, 2.45) is 0 Å². The predicted octanol–water partition coefficient (Wildman–Crippen LogP) is 2.32. The number of sulfonamides is 1. The Balaban J connectivity index is 1.84. The van der Waals surface area contributed by atoms with E-state index in [4.69, 9.17) is 0 Å². The molecule has 0 aliphatic rings. The summed E-state index contributed by atoms with van der Waals surface area (Å²) in [6.07, 6.45) is 0.256. The summed E-state index contributed by atoms with van der Waals surface area (Å²) in [4.78, 5) is 2.56. The second-order valence-electron chi connectivity index (χ2n) is 5.09. The molecule has 0 saturated heterocycles. The number of rotatable bonds is 5. The second-order valence-corrected chi connectivity index (χ2v) is 6.83. The highest BCUT2D eigenvalue weighted by molar-refractivity contribution is 7.89. The zero-order valence-electron chi connectivity index (χ0n) is 12.0. The molecular weight excluding hydrogens is 319 g/mol. The third-order valence-electron chi connectivity index (χ3n) is 3.56. The number of halogens is 1. The summed E-state index contributed by atoms with van der Waals surface area (Å²) in [5.74, 6) is -0.618. The van der Waals surface area contributed by atoms with E-state index in [1.54, 1.807) is 36.4 Å². The standard InChI is InChI=1S/C16H15FN2O3S/c17-12-7-4-8-13-16(12)15(10-18-13)23(21,22)19-9-14(20)11-5-2-1-3-6-11/h1-8,10,14,18-20H,9H2. The number of aromatic nitrogens is 1. The van der Waals surface area contributed by atoms with Crippen LogP contribution in [0.2, 0.25) is 0 Å². The van der Waals surface area contributed by atoms with Gasteiger partial charge < -0.3 is 10.1 Å². The van der Waals surface area contributed by atoms with E-state index in [2.05, 4.69) is 9.71 Å². The first-order valence-corrected chi connectivity index (χ1v) is 8.45. The molecule has 1 aromatic heterocycles. The molecule has 2 aromatic carbocycles. The Kier molecular flexibility index (Phi) is 4.16. The monoisotopic (exact) mass is 334 g/mol. The van der Waals surface area contributed by atoms with E-state index < -0.39 is 21.9 Å². The first kappa shape index (κ1) is 15.7. The second kappa shape index (κ2) is 6.11. The fraction of sp³-hybridized carbons (Fsp3) is 0.125. The minimum atomic E-state index is -3.95. The van der Waals surface area contributed by atoms with Gasteiger partial charge in [-0.15, -0.1) is 0 Å². The van der Waals surface area contributed by atoms with Crippen LogP contribution in [-0.4, -0.2) is 25.1 Å². The normalized spacial score (nSPS) is 13.3. The third kappa shape index (κ3) is 3.12. The molecule has 1 unspecified atom stereocenters. The zero-order valence-corrected chi connectivity index (χ0v) is 12.8. The third-order valence-corrected chi connectivity index (χ3v) is 5.01. The molecule has 0 spiro atoms. The van der Waals surface area contributed by atoms with E-state index in [1.165, 1.54) is 18.3 Å². The number of nitrogens with one attached hydrogen (secondary N) is 2. The molecule has 5 nitrogen and oxygen atoms in total. The van der Waals surface area contributed by atoms with Crippen LogP contribution < -0.4 is 4.72 Å². The molecule has 0 saturated carbocycles. The van der Waals surface area contributed by atoms with Crippen LogP contribution in [0.1, 0.15) is 11.7 Å². The maximum Gasteiger partial charge on any atom is 0.242 e. The molecule has 1 heterocycles. The number of fused-ring (bicyclic) bond motifs is 1. The first-order chi connectivity index (χ1) is 11.0. The minimum Gasteiger partial charge on any atom is -0.387 e. The highest BCUT2D eigenvalue weighted by Gasteiger charge is 2.22. The number of H-pyrrole nitrogens is 1. The summed E-state index contributed by atoms with van der Waals surface area (Å²) in [5, 5.41) is 10.0. The van der Waals surface area contributed by atoms with Gasteiger partial charge in [-0.3, -0.25) is 0 Å². The lowest BCUT2D eigenvalue weighted by molar-refractivity contribution is 0.182. The van der Waals surface area contributed by atoms with Gasteiger partial charge in [0.15, 0.2) is 0 Å². The smallest absolute Gasteiger partial charge is 0.242 e. The quantitative estimate of drug-likeness (QED) is 0.670. The molecular formula is C16H15FN2O3S. The Labute approximate surface area is 132 Å². The van der Waals surface area contributed by atoms with Gasteiger partial charge in [0.1, 0.15) is 10.7 Å². The van der Waals surface area contributed by atoms with E-state index in [0.717, 1.165) is 0 Å². The van der Waals surface area contributed by atoms with Crippen LogP contribution in [0.25, 0.3) is 10.9 Å². The lowest BCUT2D eigenvalue weighted by Gasteiger charge is -2.12. The van der Waals surface area contributed by atoms with Crippen molar-refractivity contribution in [2.45, 2.75) is 11.0 Å². The number of aromatic amines is 1. The SMILES string of the molecule is O=S(=O)(NCC(O)c1ccccc1)c1c[nH]c2cccc(F)c12. The molecule has 3 rings (SSSR count). The maximum atomic E-state index is 13.9. The van der Waals surface area contributed by atoms with Gasteiger partial charge in [0.05, 0.1) is 11.5 Å². The van der Waals surface area contributed by atoms with Gasteiger partial charge in [-0.1, -0.05) is 36.4 Å². The van der Waals surface area contributed by atoms with Crippen LogP contribution in [0.4, 0.5) is 4.39 Å². The van der Waals surface area contributed by atoms with Gasteiger partial charge in [0.25, 0.3) is 0 Å². The summed E-state index contributed by atoms with van der Waals surface area (Å²) < 4.78 is 41.0. The highest BCUT2D eigenvalue weighted by Crippen LogP contribution is 2.25. The molecule has 23 heavy (non-hydrogen) atoms. The number of aliphatic hydroxyl groups excluding tert-OH is 1. The van der Waals surface area contributed by atoms with Gasteiger partial charge in [0, 0.05) is 18.3 Å². The molecule has 120 valence electrons. The topological polar surface area (TPSA) is 82.2 Å². The lowest BCUT2D eigenvalue weighted by atomic mass is 10.1. The van der Waals surface area contributed by atoms with Crippen LogP contribution >= 0.6 is 0 Å². The van der Waals surface area contributed by atoms with Crippen LogP contribution in [0, 0.1) is 5.82 Å². The molecule has 0 amide bonds. The van der Waals surface area contributed by atoms with Gasteiger partial charge in [-0.05, 0) is 17.7 Å². The molecule has 3 N–H and O–H groups in total. The summed E-state index contributed by atoms with van der Waals surface area (Å²) in [5.41, 5.74) is 0.995. The van der Waals surface area contributed by atoms with Crippen molar-refractivity contribution in [1.29, 1.82) is 0 Å². The minimum absolute atomic E-state index is 0.00852. The van der Waals surface area contributed by atoms with E-state index >= 15 is 0 Å². The predicted molar refractivity (Wildman–Crippen MR) is 84.8 cm³/mol. The largest absolute Gasteiger partial charge is 0.387 e. The van der Waals surface area contributed by atoms with Gasteiger partial charge in [0.2, 0.25) is 10.0 Å². The lowest BCUT2D eigenvalue weighted by Crippen LogP contribution is -2.28. The van der Waals surface area contributed by atoms with Crippen molar-refractivity contribution < 1.29 is 17.9 Å². The Morgan fingerprint density at radius 2 is 1.87 bits per heavy atom. The molecule has 0 fully saturated rings. The van der Waals surface area contributed by atoms with Gasteiger partial charge >= 0.3 is 0 Å². The number of aliphatic hydroxyl groups is 1. The molecule has 1 atom stereocenters. The summed E-state index contributed by atoms with van der Waals surface area (Å²) in [6, 6.07) is 13.0. The average Bonchev–Trinajstić information content (AvgIpc) is 3.00. The summed E-state index contributed by atoms with van der Waals surface area (Å²) in [6.45, 7) is -0.201. The Hall–Kier alpha value is -2.22. The fourth-order valence-electron chi connectivity index (χ4n) is 2.38. The molecule has 0 aliphatic carbocycles. The number of benzene rings is 2. The van der Waals surface area contributed by atoms with E-state index in [-0.39, 0.29) is 16.8 Å². The number of hydrogen-bond acceptors (Lipinski definition) is 3.